The summed E-state index contributed by atoms with van der Waals surface area (Å²) < 4.78 is 29.4. The molecule has 5 N–H and O–H groups in total. The van der Waals surface area contributed by atoms with E-state index in [1.807, 2.05) is 6.07 Å². The number of carbonyl (C=O) groups is 2. The minimum atomic E-state index is -2.76. The van der Waals surface area contributed by atoms with Crippen LogP contribution in [0.5, 0.6) is 0 Å². The van der Waals surface area contributed by atoms with Crippen molar-refractivity contribution in [2.24, 2.45) is 4.99 Å². The lowest BCUT2D eigenvalue weighted by molar-refractivity contribution is 0.102. The zero-order valence-electron chi connectivity index (χ0n) is 20.8. The molecule has 0 aromatic carbocycles. The van der Waals surface area contributed by atoms with Crippen LogP contribution in [0, 0.1) is 24.1 Å². The summed E-state index contributed by atoms with van der Waals surface area (Å²) in [6, 6.07) is 5.93. The average Bonchev–Trinajstić information content (AvgIpc) is 2.83. The maximum Gasteiger partial charge on any atom is 0.410 e. The van der Waals surface area contributed by atoms with E-state index in [1.54, 1.807) is 27.7 Å². The van der Waals surface area contributed by atoms with Gasteiger partial charge < -0.3 is 15.0 Å². The van der Waals surface area contributed by atoms with Crippen LogP contribution in [0.3, 0.4) is 0 Å². The topological polar surface area (TPSA) is 173 Å². The van der Waals surface area contributed by atoms with Gasteiger partial charge >= 0.3 is 6.09 Å². The van der Waals surface area contributed by atoms with Gasteiger partial charge in [-0.1, -0.05) is 10.5 Å². The molecule has 2 aromatic rings. The van der Waals surface area contributed by atoms with E-state index < -0.39 is 43.8 Å². The van der Waals surface area contributed by atoms with Gasteiger partial charge in [-0.05, 0) is 64.3 Å². The lowest BCUT2D eigenvalue weighted by Gasteiger charge is -2.61. The highest BCUT2D eigenvalue weighted by atomic mass is 32.3. The van der Waals surface area contributed by atoms with Crippen molar-refractivity contribution in [2.45, 2.75) is 56.1 Å². The predicted octanol–water partition coefficient (Wildman–Crippen LogP) is 3.67. The van der Waals surface area contributed by atoms with Gasteiger partial charge in [0.2, 0.25) is 0 Å². The summed E-state index contributed by atoms with van der Waals surface area (Å²) in [5, 5.41) is 22.8. The molecule has 0 saturated carbocycles. The molecule has 1 fully saturated rings. The molecule has 0 aliphatic carbocycles. The maximum absolute atomic E-state index is 15.4. The molecule has 2 aromatic heterocycles. The smallest absolute Gasteiger partial charge is 0.410 e. The number of amidine groups is 1. The Balaban J connectivity index is 1.79. The number of aryl methyl sites for hydroxylation is 1. The molecule has 37 heavy (non-hydrogen) atoms. The van der Waals surface area contributed by atoms with E-state index in [9.17, 15) is 19.2 Å². The van der Waals surface area contributed by atoms with Crippen molar-refractivity contribution in [1.29, 1.82) is 5.26 Å². The van der Waals surface area contributed by atoms with Crippen molar-refractivity contribution in [1.82, 2.24) is 20.0 Å². The van der Waals surface area contributed by atoms with Gasteiger partial charge in [-0.15, -0.1) is 0 Å². The molecule has 0 radical (unpaired) electrons. The van der Waals surface area contributed by atoms with Crippen LogP contribution in [0.4, 0.5) is 15.0 Å². The van der Waals surface area contributed by atoms with Crippen LogP contribution in [0.2, 0.25) is 0 Å². The molecule has 196 valence electrons. The summed E-state index contributed by atoms with van der Waals surface area (Å²) in [6.45, 7) is 7.18. The highest BCUT2D eigenvalue weighted by Gasteiger charge is 2.61. The van der Waals surface area contributed by atoms with Crippen LogP contribution in [0.25, 0.3) is 0 Å². The van der Waals surface area contributed by atoms with E-state index in [0.717, 1.165) is 6.07 Å². The molecule has 4 heterocycles. The number of amides is 2. The minimum Gasteiger partial charge on any atom is -0.465 e. The number of carboxylic acid groups (broad SMARTS) is 1. The number of nitrogens with one attached hydrogen (secondary N) is 3. The van der Waals surface area contributed by atoms with Crippen LogP contribution in [0.15, 0.2) is 29.4 Å². The number of aliphatic imine (C=N–C) groups is 1. The number of fused-ring (bicyclic) bond motifs is 1. The van der Waals surface area contributed by atoms with E-state index in [0.29, 0.717) is 30.5 Å². The molecular formula is C24H28FN7O4S. The number of nitriles is 1. The molecule has 13 heteroatoms. The van der Waals surface area contributed by atoms with E-state index in [4.69, 9.17) is 5.26 Å². The Bertz CT molecular complexity index is 1360. The van der Waals surface area contributed by atoms with Gasteiger partial charge in [-0.25, -0.2) is 19.2 Å². The Morgan fingerprint density at radius 1 is 1.30 bits per heavy atom. The molecule has 2 aliphatic heterocycles. The molecule has 11 nitrogen and oxygen atoms in total. The third-order valence-electron chi connectivity index (χ3n) is 6.91. The highest BCUT2D eigenvalue weighted by molar-refractivity contribution is 8.29. The first-order valence-electron chi connectivity index (χ1n) is 11.6. The van der Waals surface area contributed by atoms with Crippen LogP contribution < -0.4 is 15.4 Å². The Morgan fingerprint density at radius 2 is 2.03 bits per heavy atom. The minimum absolute atomic E-state index is 0.00121. The fraction of sp³-hybridized carbons (Fsp3) is 0.417. The third kappa shape index (κ3) is 4.41. The number of anilines is 1. The predicted molar refractivity (Wildman–Crippen MR) is 137 cm³/mol. The number of carbonyl (C=O) groups excluding carboxylic acids is 1. The summed E-state index contributed by atoms with van der Waals surface area (Å²) in [5.41, 5.74) is -0.702. The van der Waals surface area contributed by atoms with Crippen molar-refractivity contribution in [2.75, 3.05) is 11.9 Å². The molecule has 2 aliphatic rings. The second kappa shape index (κ2) is 9.37. The Hall–Kier alpha value is -3.60. The number of hydrogen-bond acceptors (Lipinski definition) is 8. The second-order valence-electron chi connectivity index (χ2n) is 9.68. The number of hydrogen-bond donors (Lipinski definition) is 5. The van der Waals surface area contributed by atoms with Crippen molar-refractivity contribution in [3.63, 3.8) is 0 Å². The summed E-state index contributed by atoms with van der Waals surface area (Å²) in [4.78, 5) is 37.5. The average molecular weight is 530 g/mol. The fourth-order valence-electron chi connectivity index (χ4n) is 4.92. The van der Waals surface area contributed by atoms with Gasteiger partial charge in [0.15, 0.2) is 0 Å². The standard InChI is InChI=1S/C24H28FN7O4S/c1-13-10-14(11-26)12-27-18(13)20(33)30-17-8-7-15(25)19(29-17)24(4)16-6-5-9-28-37(16,36)23(2,3)21(32-24)31-22(34)35/h7-8,10,12,16,28,36H,5-6,9H2,1-4H3,(H,31,32)(H,34,35)(H,29,30,33)/t16-,24-/m0/s1. The first kappa shape index (κ1) is 26.5. The van der Waals surface area contributed by atoms with Gasteiger partial charge in [0, 0.05) is 12.7 Å². The number of halogens is 1. The van der Waals surface area contributed by atoms with Gasteiger partial charge in [0.25, 0.3) is 5.91 Å². The van der Waals surface area contributed by atoms with Gasteiger partial charge in [0.1, 0.15) is 40.5 Å². The Morgan fingerprint density at radius 3 is 2.68 bits per heavy atom. The lowest BCUT2D eigenvalue weighted by atomic mass is 9.88. The molecule has 4 rings (SSSR count). The molecule has 0 bridgehead atoms. The zero-order chi connectivity index (χ0) is 27.2. The molecule has 0 unspecified atom stereocenters. The summed E-state index contributed by atoms with van der Waals surface area (Å²) in [6.07, 6.45) is 1.13. The van der Waals surface area contributed by atoms with Crippen LogP contribution in [-0.2, 0) is 5.54 Å². The quantitative estimate of drug-likeness (QED) is 0.400. The molecule has 1 saturated heterocycles. The Labute approximate surface area is 214 Å². The SMILES string of the molecule is Cc1cc(C#N)cnc1C(=O)Nc1ccc(F)c([C@@]2(C)N=C(NC(=O)O)C(C)(C)[S@@]3(O)NCCC[C@@H]23)n1. The summed E-state index contributed by atoms with van der Waals surface area (Å²) >= 11 is 0. The first-order chi connectivity index (χ1) is 17.3. The Kier molecular flexibility index (Phi) is 6.70. The second-order valence-corrected chi connectivity index (χ2v) is 12.8. The molecule has 2 amide bonds. The van der Waals surface area contributed by atoms with Crippen molar-refractivity contribution in [3.05, 3.63) is 52.7 Å². The summed E-state index contributed by atoms with van der Waals surface area (Å²) in [7, 11) is -2.76. The normalized spacial score (nSPS) is 26.3. The molecular weight excluding hydrogens is 501 g/mol. The number of rotatable bonds is 3. The highest BCUT2D eigenvalue weighted by Crippen LogP contribution is 2.66. The number of nitrogens with zero attached hydrogens (tertiary/aromatic N) is 4. The van der Waals surface area contributed by atoms with Gasteiger partial charge in [-0.2, -0.15) is 5.26 Å². The first-order valence-corrected chi connectivity index (χ1v) is 13.2. The van der Waals surface area contributed by atoms with Gasteiger partial charge in [0.05, 0.1) is 15.6 Å². The van der Waals surface area contributed by atoms with Crippen LogP contribution in [-0.4, -0.2) is 54.0 Å². The largest absolute Gasteiger partial charge is 0.465 e. The molecule has 0 spiro atoms. The van der Waals surface area contributed by atoms with Crippen LogP contribution in [0.1, 0.15) is 60.9 Å². The van der Waals surface area contributed by atoms with Crippen LogP contribution >= 0.6 is 10.5 Å². The monoisotopic (exact) mass is 529 g/mol. The van der Waals surface area contributed by atoms with Crippen molar-refractivity contribution in [3.8, 4) is 6.07 Å². The molecule has 3 atom stereocenters. The zero-order valence-corrected chi connectivity index (χ0v) is 21.6. The van der Waals surface area contributed by atoms with E-state index >= 15 is 4.39 Å². The maximum atomic E-state index is 15.4. The van der Waals surface area contributed by atoms with E-state index in [-0.39, 0.29) is 23.0 Å². The summed E-state index contributed by atoms with van der Waals surface area (Å²) in [5.74, 6) is -1.28. The third-order valence-corrected chi connectivity index (χ3v) is 10.8. The number of pyridine rings is 2. The fourth-order valence-corrected chi connectivity index (χ4v) is 8.38. The van der Waals surface area contributed by atoms with Crippen molar-refractivity contribution >= 4 is 34.1 Å². The lowest BCUT2D eigenvalue weighted by Crippen LogP contribution is -2.63. The number of aromatic nitrogens is 2. The van der Waals surface area contributed by atoms with Gasteiger partial charge in [-0.3, -0.25) is 19.8 Å². The van der Waals surface area contributed by atoms with E-state index in [2.05, 4.69) is 30.3 Å². The van der Waals surface area contributed by atoms with E-state index in [1.165, 1.54) is 18.3 Å². The van der Waals surface area contributed by atoms with Crippen molar-refractivity contribution < 1.29 is 23.6 Å².